The standard InChI is InChI=1S/C25H30N2.BrH.H2O/c1-3-26(4-2)16-10-17-27-18-15-22-21-13-8-9-14-23(21)25(24(22)19-27)20-11-6-5-7-12-20;;/h5-9,11-15H,3-4,10,16-19H2,1-2H3;1H;1H2. The fourth-order valence-corrected chi connectivity index (χ4v) is 4.46. The first-order valence-electron chi connectivity index (χ1n) is 10.4. The third kappa shape index (κ3) is 4.89. The van der Waals surface area contributed by atoms with E-state index in [1.165, 1.54) is 52.9 Å². The summed E-state index contributed by atoms with van der Waals surface area (Å²) in [7, 11) is 0. The van der Waals surface area contributed by atoms with E-state index < -0.39 is 0 Å². The largest absolute Gasteiger partial charge is 0.412 e. The van der Waals surface area contributed by atoms with Crippen LogP contribution in [-0.4, -0.2) is 54.5 Å². The maximum Gasteiger partial charge on any atom is 0.0249 e. The molecule has 1 aliphatic carbocycles. The zero-order chi connectivity index (χ0) is 18.6. The third-order valence-corrected chi connectivity index (χ3v) is 5.95. The van der Waals surface area contributed by atoms with Gasteiger partial charge in [0, 0.05) is 19.6 Å². The molecule has 3 nitrogen and oxygen atoms in total. The highest BCUT2D eigenvalue weighted by Crippen LogP contribution is 2.45. The second-order valence-electron chi connectivity index (χ2n) is 7.50. The maximum atomic E-state index is 2.61. The molecule has 0 bridgehead atoms. The van der Waals surface area contributed by atoms with Crippen LogP contribution in [0.15, 0.2) is 66.2 Å². The predicted molar refractivity (Wildman–Crippen MR) is 130 cm³/mol. The van der Waals surface area contributed by atoms with Crippen molar-refractivity contribution in [1.29, 1.82) is 0 Å². The van der Waals surface area contributed by atoms with E-state index in [4.69, 9.17) is 0 Å². The Balaban J connectivity index is 0.00000150. The van der Waals surface area contributed by atoms with E-state index in [2.05, 4.69) is 84.3 Å². The van der Waals surface area contributed by atoms with Crippen molar-refractivity contribution in [3.8, 4) is 0 Å². The molecule has 0 amide bonds. The van der Waals surface area contributed by atoms with Gasteiger partial charge >= 0.3 is 0 Å². The van der Waals surface area contributed by atoms with E-state index in [0.29, 0.717) is 0 Å². The van der Waals surface area contributed by atoms with Gasteiger partial charge in [-0.25, -0.2) is 0 Å². The number of rotatable bonds is 7. The van der Waals surface area contributed by atoms with Crippen LogP contribution in [0.1, 0.15) is 37.0 Å². The van der Waals surface area contributed by atoms with Gasteiger partial charge in [0.2, 0.25) is 0 Å². The van der Waals surface area contributed by atoms with Gasteiger partial charge in [-0.05, 0) is 59.5 Å². The van der Waals surface area contributed by atoms with Gasteiger partial charge in [-0.2, -0.15) is 0 Å². The summed E-state index contributed by atoms with van der Waals surface area (Å²) in [6.07, 6.45) is 3.69. The second-order valence-corrected chi connectivity index (χ2v) is 7.50. The van der Waals surface area contributed by atoms with Crippen LogP contribution in [0.25, 0.3) is 11.1 Å². The SMILES string of the molecule is Br.CCN(CC)CCCN1CC=C2C(=C(c3ccccc3)c3ccccc32)C1.O. The molecule has 0 radical (unpaired) electrons. The highest BCUT2D eigenvalue weighted by atomic mass is 79.9. The van der Waals surface area contributed by atoms with Gasteiger partial charge in [0.05, 0.1) is 0 Å². The van der Waals surface area contributed by atoms with Crippen molar-refractivity contribution in [3.63, 3.8) is 0 Å². The highest BCUT2D eigenvalue weighted by Gasteiger charge is 2.30. The number of hydrogen-bond acceptors (Lipinski definition) is 2. The molecule has 1 aliphatic heterocycles. The minimum Gasteiger partial charge on any atom is -0.412 e. The molecule has 29 heavy (non-hydrogen) atoms. The Bertz CT molecular complexity index is 856. The number of benzene rings is 2. The van der Waals surface area contributed by atoms with Gasteiger partial charge < -0.3 is 10.4 Å². The Kier molecular flexibility index (Phi) is 8.84. The van der Waals surface area contributed by atoms with Crippen LogP contribution in [0.5, 0.6) is 0 Å². The summed E-state index contributed by atoms with van der Waals surface area (Å²) in [5.74, 6) is 0. The summed E-state index contributed by atoms with van der Waals surface area (Å²) in [5, 5.41) is 0. The van der Waals surface area contributed by atoms with Crippen molar-refractivity contribution in [3.05, 3.63) is 82.9 Å². The van der Waals surface area contributed by atoms with E-state index in [9.17, 15) is 0 Å². The number of fused-ring (bicyclic) bond motifs is 3. The minimum atomic E-state index is 0. The molecular weight excluding hydrogens is 424 g/mol. The van der Waals surface area contributed by atoms with Crippen molar-refractivity contribution in [2.45, 2.75) is 20.3 Å². The number of halogens is 1. The Morgan fingerprint density at radius 2 is 1.55 bits per heavy atom. The average Bonchev–Trinajstić information content (AvgIpc) is 3.05. The van der Waals surface area contributed by atoms with Crippen LogP contribution in [0, 0.1) is 0 Å². The van der Waals surface area contributed by atoms with Gasteiger partial charge in [-0.3, -0.25) is 4.90 Å². The zero-order valence-corrected chi connectivity index (χ0v) is 19.2. The molecule has 4 rings (SSSR count). The highest BCUT2D eigenvalue weighted by molar-refractivity contribution is 8.93. The van der Waals surface area contributed by atoms with E-state index in [-0.39, 0.29) is 22.5 Å². The average molecular weight is 457 g/mol. The van der Waals surface area contributed by atoms with E-state index in [1.807, 2.05) is 0 Å². The lowest BCUT2D eigenvalue weighted by Gasteiger charge is -2.28. The van der Waals surface area contributed by atoms with Crippen LogP contribution in [0.3, 0.4) is 0 Å². The molecule has 0 atom stereocenters. The summed E-state index contributed by atoms with van der Waals surface area (Å²) in [5.41, 5.74) is 8.56. The lowest BCUT2D eigenvalue weighted by molar-refractivity contribution is 0.259. The monoisotopic (exact) mass is 456 g/mol. The Morgan fingerprint density at radius 3 is 2.24 bits per heavy atom. The lowest BCUT2D eigenvalue weighted by atomic mass is 9.96. The molecule has 2 aliphatic rings. The summed E-state index contributed by atoms with van der Waals surface area (Å²) in [4.78, 5) is 5.13. The molecule has 0 aromatic heterocycles. The quantitative estimate of drug-likeness (QED) is 0.605. The van der Waals surface area contributed by atoms with Crippen LogP contribution >= 0.6 is 17.0 Å². The van der Waals surface area contributed by atoms with Gasteiger partial charge in [0.15, 0.2) is 0 Å². The Hall–Kier alpha value is -1.72. The molecule has 4 heteroatoms. The Labute approximate surface area is 185 Å². The van der Waals surface area contributed by atoms with E-state index in [0.717, 1.165) is 26.2 Å². The van der Waals surface area contributed by atoms with E-state index >= 15 is 0 Å². The fourth-order valence-electron chi connectivity index (χ4n) is 4.46. The first kappa shape index (κ1) is 23.6. The number of nitrogens with zero attached hydrogens (tertiary/aromatic N) is 2. The molecule has 1 heterocycles. The number of hydrogen-bond donors (Lipinski definition) is 0. The molecule has 0 spiro atoms. The van der Waals surface area contributed by atoms with Crippen LogP contribution in [0.4, 0.5) is 0 Å². The molecule has 2 aromatic carbocycles. The molecule has 0 saturated heterocycles. The van der Waals surface area contributed by atoms with Gasteiger partial charge in [-0.15, -0.1) is 17.0 Å². The zero-order valence-electron chi connectivity index (χ0n) is 17.5. The molecule has 0 fully saturated rings. The molecule has 156 valence electrons. The van der Waals surface area contributed by atoms with Crippen LogP contribution in [0.2, 0.25) is 0 Å². The molecule has 0 unspecified atom stereocenters. The predicted octanol–water partition coefficient (Wildman–Crippen LogP) is 4.69. The van der Waals surface area contributed by atoms with Crippen molar-refractivity contribution >= 4 is 28.1 Å². The molecule has 2 N–H and O–H groups in total. The molecule has 2 aromatic rings. The summed E-state index contributed by atoms with van der Waals surface area (Å²) >= 11 is 0. The van der Waals surface area contributed by atoms with Crippen LogP contribution < -0.4 is 0 Å². The first-order valence-corrected chi connectivity index (χ1v) is 10.4. The summed E-state index contributed by atoms with van der Waals surface area (Å²) < 4.78 is 0. The normalized spacial score (nSPS) is 15.3. The van der Waals surface area contributed by atoms with E-state index in [1.54, 1.807) is 0 Å². The Morgan fingerprint density at radius 1 is 0.897 bits per heavy atom. The lowest BCUT2D eigenvalue weighted by Crippen LogP contribution is -2.33. The van der Waals surface area contributed by atoms with Crippen molar-refractivity contribution in [1.82, 2.24) is 9.80 Å². The topological polar surface area (TPSA) is 38.0 Å². The third-order valence-electron chi connectivity index (χ3n) is 5.95. The van der Waals surface area contributed by atoms with Gasteiger partial charge in [-0.1, -0.05) is 74.5 Å². The van der Waals surface area contributed by atoms with Crippen LogP contribution in [-0.2, 0) is 0 Å². The van der Waals surface area contributed by atoms with Gasteiger partial charge in [0.1, 0.15) is 0 Å². The molecule has 0 saturated carbocycles. The first-order chi connectivity index (χ1) is 13.3. The smallest absolute Gasteiger partial charge is 0.0249 e. The second kappa shape index (κ2) is 10.9. The molecular formula is C25H33BrN2O. The maximum absolute atomic E-state index is 2.61. The van der Waals surface area contributed by atoms with Crippen molar-refractivity contribution in [2.24, 2.45) is 0 Å². The van der Waals surface area contributed by atoms with Crippen molar-refractivity contribution in [2.75, 3.05) is 39.3 Å². The van der Waals surface area contributed by atoms with Crippen molar-refractivity contribution < 1.29 is 5.48 Å². The fraction of sp³-hybridized carbons (Fsp3) is 0.360. The minimum absolute atomic E-state index is 0. The summed E-state index contributed by atoms with van der Waals surface area (Å²) in [6, 6.07) is 19.8. The van der Waals surface area contributed by atoms with Gasteiger partial charge in [0.25, 0.3) is 0 Å². The summed E-state index contributed by atoms with van der Waals surface area (Å²) in [6.45, 7) is 11.3.